The van der Waals surface area contributed by atoms with Gasteiger partial charge in [0, 0.05) is 32.4 Å². The molecule has 3 aromatic rings. The van der Waals surface area contributed by atoms with Crippen LogP contribution in [0.1, 0.15) is 42.5 Å². The maximum atomic E-state index is 13.5. The summed E-state index contributed by atoms with van der Waals surface area (Å²) >= 11 is 12.3. The van der Waals surface area contributed by atoms with Crippen molar-refractivity contribution in [3.8, 4) is 5.75 Å². The highest BCUT2D eigenvalue weighted by molar-refractivity contribution is 6.42. The van der Waals surface area contributed by atoms with Crippen LogP contribution in [0.3, 0.4) is 0 Å². The van der Waals surface area contributed by atoms with Crippen molar-refractivity contribution in [1.29, 1.82) is 0 Å². The zero-order valence-corrected chi connectivity index (χ0v) is 24.7. The lowest BCUT2D eigenvalue weighted by molar-refractivity contribution is -0.132. The van der Waals surface area contributed by atoms with Crippen molar-refractivity contribution in [3.63, 3.8) is 0 Å². The summed E-state index contributed by atoms with van der Waals surface area (Å²) in [7, 11) is 0. The van der Waals surface area contributed by atoms with E-state index in [1.165, 1.54) is 0 Å². The van der Waals surface area contributed by atoms with Crippen LogP contribution < -0.4 is 26.4 Å². The van der Waals surface area contributed by atoms with Crippen LogP contribution >= 0.6 is 23.2 Å². The van der Waals surface area contributed by atoms with Crippen LogP contribution in [0.25, 0.3) is 0 Å². The van der Waals surface area contributed by atoms with Gasteiger partial charge in [-0.2, -0.15) is 0 Å². The Labute approximate surface area is 250 Å². The monoisotopic (exact) mass is 598 g/mol. The zero-order valence-electron chi connectivity index (χ0n) is 23.2. The molecule has 5 N–H and O–H groups in total. The molecule has 0 aliphatic carbocycles. The fraction of sp³-hybridized carbons (Fsp3) is 0.323. The second-order valence-electron chi connectivity index (χ2n) is 9.51. The van der Waals surface area contributed by atoms with Gasteiger partial charge in [0.15, 0.2) is 0 Å². The number of nitrogens with two attached hydrogens (primary N) is 1. The Bertz CT molecular complexity index is 1320. The molecule has 0 spiro atoms. The normalized spacial score (nSPS) is 12.2. The highest BCUT2D eigenvalue weighted by Crippen LogP contribution is 2.23. The summed E-state index contributed by atoms with van der Waals surface area (Å²) in [5.41, 5.74) is 9.09. The van der Waals surface area contributed by atoms with E-state index in [4.69, 9.17) is 33.7 Å². The number of hydrogen-bond acceptors (Lipinski definition) is 5. The lowest BCUT2D eigenvalue weighted by Crippen LogP contribution is -2.55. The molecular weight excluding hydrogens is 563 g/mol. The van der Waals surface area contributed by atoms with Crippen LogP contribution in [-0.2, 0) is 40.3 Å². The summed E-state index contributed by atoms with van der Waals surface area (Å²) < 4.78 is 5.50. The number of benzene rings is 3. The fourth-order valence-corrected chi connectivity index (χ4v) is 4.44. The number of rotatable bonds is 14. The smallest absolute Gasteiger partial charge is 0.243 e. The van der Waals surface area contributed by atoms with Gasteiger partial charge >= 0.3 is 0 Å². The highest BCUT2D eigenvalue weighted by Gasteiger charge is 2.27. The number of carbonyl (C=O) groups is 3. The lowest BCUT2D eigenvalue weighted by atomic mass is 10.0. The van der Waals surface area contributed by atoms with E-state index in [2.05, 4.69) is 16.0 Å². The van der Waals surface area contributed by atoms with E-state index in [9.17, 15) is 14.4 Å². The molecule has 0 radical (unpaired) electrons. The molecule has 3 aromatic carbocycles. The number of carbonyl (C=O) groups excluding carboxylic acids is 3. The van der Waals surface area contributed by atoms with Gasteiger partial charge in [-0.3, -0.25) is 14.4 Å². The number of nitrogens with one attached hydrogen (secondary N) is 3. The van der Waals surface area contributed by atoms with E-state index in [0.717, 1.165) is 16.7 Å². The molecule has 0 aliphatic rings. The predicted molar refractivity (Wildman–Crippen MR) is 162 cm³/mol. The first-order valence-electron chi connectivity index (χ1n) is 13.5. The number of ether oxygens (including phenoxy) is 1. The van der Waals surface area contributed by atoms with Crippen LogP contribution in [0.15, 0.2) is 66.7 Å². The molecule has 0 aromatic heterocycles. The summed E-state index contributed by atoms with van der Waals surface area (Å²) in [4.78, 5) is 39.2. The molecule has 0 saturated carbocycles. The van der Waals surface area contributed by atoms with Gasteiger partial charge in [0.25, 0.3) is 0 Å². The van der Waals surface area contributed by atoms with Gasteiger partial charge in [-0.1, -0.05) is 72.6 Å². The molecule has 0 aliphatic heterocycles. The second-order valence-corrected chi connectivity index (χ2v) is 10.3. The third-order valence-electron chi connectivity index (χ3n) is 6.43. The van der Waals surface area contributed by atoms with E-state index >= 15 is 0 Å². The molecule has 218 valence electrons. The lowest BCUT2D eigenvalue weighted by Gasteiger charge is -2.24. The van der Waals surface area contributed by atoms with E-state index in [1.807, 2.05) is 55.5 Å². The van der Waals surface area contributed by atoms with Crippen molar-refractivity contribution in [2.24, 2.45) is 5.73 Å². The molecule has 1 unspecified atom stereocenters. The maximum Gasteiger partial charge on any atom is 0.243 e. The van der Waals surface area contributed by atoms with Crippen LogP contribution in [-0.4, -0.2) is 36.4 Å². The standard InChI is InChI=1S/C31H36Cl2N4O4/c1-3-29(38)36-28(16-20-9-12-24(13-10-20)41-4-2)31(40)37-27(17-23-11-14-25(32)26(33)15-23)30(39)35-19-22-7-5-21(18-34)6-8-22/h5-15,27-28H,3-4,16-19,34H2,1-2H3,(H,35,39)(H,36,38)(H,37,40)/t27?,28-/m1/s1. The Kier molecular flexibility index (Phi) is 12.5. The quantitative estimate of drug-likeness (QED) is 0.220. The SMILES string of the molecule is CCOc1ccc(C[C@@H](NC(=O)CC)C(=O)NC(Cc2ccc(Cl)c(Cl)c2)C(=O)NCc2ccc(CN)cc2)cc1. The Morgan fingerprint density at radius 2 is 1.34 bits per heavy atom. The topological polar surface area (TPSA) is 123 Å². The molecule has 41 heavy (non-hydrogen) atoms. The molecule has 0 bridgehead atoms. The van der Waals surface area contributed by atoms with Gasteiger partial charge in [-0.15, -0.1) is 0 Å². The maximum absolute atomic E-state index is 13.5. The summed E-state index contributed by atoms with van der Waals surface area (Å²) in [6.07, 6.45) is 0.611. The van der Waals surface area contributed by atoms with Crippen LogP contribution in [0, 0.1) is 0 Å². The Morgan fingerprint density at radius 1 is 0.756 bits per heavy atom. The molecule has 10 heteroatoms. The molecule has 0 fully saturated rings. The van der Waals surface area contributed by atoms with Crippen LogP contribution in [0.5, 0.6) is 5.75 Å². The average Bonchev–Trinajstić information content (AvgIpc) is 2.98. The van der Waals surface area contributed by atoms with E-state index < -0.39 is 18.0 Å². The van der Waals surface area contributed by atoms with Crippen molar-refractivity contribution in [2.45, 2.75) is 58.3 Å². The molecular formula is C31H36Cl2N4O4. The molecule has 8 nitrogen and oxygen atoms in total. The Balaban J connectivity index is 1.79. The summed E-state index contributed by atoms with van der Waals surface area (Å²) in [6.45, 7) is 4.84. The number of hydrogen-bond donors (Lipinski definition) is 4. The van der Waals surface area contributed by atoms with Gasteiger partial charge in [0.05, 0.1) is 16.7 Å². The highest BCUT2D eigenvalue weighted by atomic mass is 35.5. The predicted octanol–water partition coefficient (Wildman–Crippen LogP) is 4.33. The van der Waals surface area contributed by atoms with Gasteiger partial charge in [-0.25, -0.2) is 0 Å². The minimum absolute atomic E-state index is 0.165. The first-order chi connectivity index (χ1) is 19.7. The second kappa shape index (κ2) is 16.0. The first-order valence-corrected chi connectivity index (χ1v) is 14.3. The summed E-state index contributed by atoms with van der Waals surface area (Å²) in [5.74, 6) is -0.421. The van der Waals surface area contributed by atoms with Gasteiger partial charge in [0.1, 0.15) is 17.8 Å². The number of halogens is 2. The molecule has 0 saturated heterocycles. The first kappa shape index (κ1) is 31.9. The van der Waals surface area contributed by atoms with E-state index in [1.54, 1.807) is 25.1 Å². The number of amides is 3. The molecule has 3 rings (SSSR count). The van der Waals surface area contributed by atoms with Crippen molar-refractivity contribution < 1.29 is 19.1 Å². The molecule has 3 amide bonds. The molecule has 2 atom stereocenters. The fourth-order valence-electron chi connectivity index (χ4n) is 4.12. The van der Waals surface area contributed by atoms with Crippen molar-refractivity contribution >= 4 is 40.9 Å². The van der Waals surface area contributed by atoms with E-state index in [-0.39, 0.29) is 37.6 Å². The third-order valence-corrected chi connectivity index (χ3v) is 7.17. The Hall–Kier alpha value is -3.59. The Morgan fingerprint density at radius 3 is 1.95 bits per heavy atom. The summed E-state index contributed by atoms with van der Waals surface area (Å²) in [6, 6.07) is 18.1. The molecule has 0 heterocycles. The zero-order chi connectivity index (χ0) is 29.8. The van der Waals surface area contributed by atoms with Crippen LogP contribution in [0.4, 0.5) is 0 Å². The van der Waals surface area contributed by atoms with Gasteiger partial charge < -0.3 is 26.4 Å². The van der Waals surface area contributed by atoms with Crippen molar-refractivity contribution in [1.82, 2.24) is 16.0 Å². The van der Waals surface area contributed by atoms with Gasteiger partial charge in [0.2, 0.25) is 17.7 Å². The average molecular weight is 600 g/mol. The minimum atomic E-state index is -0.940. The van der Waals surface area contributed by atoms with E-state index in [0.29, 0.717) is 34.5 Å². The van der Waals surface area contributed by atoms with Crippen LogP contribution in [0.2, 0.25) is 10.0 Å². The van der Waals surface area contributed by atoms with Crippen molar-refractivity contribution in [3.05, 3.63) is 99.0 Å². The third kappa shape index (κ3) is 10.1. The van der Waals surface area contributed by atoms with Gasteiger partial charge in [-0.05, 0) is 53.4 Å². The van der Waals surface area contributed by atoms with Crippen molar-refractivity contribution in [2.75, 3.05) is 6.61 Å². The largest absolute Gasteiger partial charge is 0.494 e. The minimum Gasteiger partial charge on any atom is -0.494 e. The summed E-state index contributed by atoms with van der Waals surface area (Å²) in [5, 5.41) is 9.27.